The molecule has 0 fully saturated rings. The average molecular weight is 371 g/mol. The first-order chi connectivity index (χ1) is 13.7. The Morgan fingerprint density at radius 2 is 1.79 bits per heavy atom. The highest BCUT2D eigenvalue weighted by Crippen LogP contribution is 2.26. The van der Waals surface area contributed by atoms with Crippen LogP contribution in [0, 0.1) is 10.1 Å². The lowest BCUT2D eigenvalue weighted by Gasteiger charge is -2.07. The summed E-state index contributed by atoms with van der Waals surface area (Å²) in [6.07, 6.45) is 1.84. The van der Waals surface area contributed by atoms with Gasteiger partial charge in [0.15, 0.2) is 22.7 Å². The Morgan fingerprint density at radius 1 is 0.929 bits per heavy atom. The number of nitrogens with zero attached hydrogens (tertiary/aromatic N) is 5. The van der Waals surface area contributed by atoms with Crippen LogP contribution in [0.15, 0.2) is 66.9 Å². The number of imidazole rings is 1. The van der Waals surface area contributed by atoms with Crippen LogP contribution >= 0.6 is 0 Å². The molecule has 0 amide bonds. The summed E-state index contributed by atoms with van der Waals surface area (Å²) < 4.78 is 7.76. The Morgan fingerprint density at radius 3 is 2.61 bits per heavy atom. The molecule has 0 atom stereocenters. The third kappa shape index (κ3) is 2.67. The van der Waals surface area contributed by atoms with E-state index < -0.39 is 4.92 Å². The monoisotopic (exact) mass is 371 g/mol. The van der Waals surface area contributed by atoms with Gasteiger partial charge in [0.25, 0.3) is 5.69 Å². The van der Waals surface area contributed by atoms with Crippen LogP contribution in [0.2, 0.25) is 0 Å². The van der Waals surface area contributed by atoms with E-state index in [1.54, 1.807) is 6.07 Å². The number of hydrogen-bond acceptors (Lipinski definition) is 6. The maximum absolute atomic E-state index is 11.0. The van der Waals surface area contributed by atoms with Crippen LogP contribution in [-0.2, 0) is 6.61 Å². The topological polar surface area (TPSA) is 95.5 Å². The maximum Gasteiger partial charge on any atom is 0.271 e. The molecule has 0 radical (unpaired) electrons. The van der Waals surface area contributed by atoms with Gasteiger partial charge in [-0.15, -0.1) is 0 Å². The number of aromatic nitrogens is 4. The number of benzene rings is 2. The fourth-order valence-corrected chi connectivity index (χ4v) is 3.08. The van der Waals surface area contributed by atoms with Crippen molar-refractivity contribution in [1.82, 2.24) is 19.4 Å². The van der Waals surface area contributed by atoms with Gasteiger partial charge >= 0.3 is 0 Å². The molecule has 5 rings (SSSR count). The summed E-state index contributed by atoms with van der Waals surface area (Å²) in [6, 6.07) is 18.0. The molecule has 0 saturated carbocycles. The SMILES string of the molecule is O=[N+]([O-])c1ccc2nc3c(nc2c1)nc1c(OCc2ccccc2)cccn13. The van der Waals surface area contributed by atoms with Crippen LogP contribution in [0.3, 0.4) is 0 Å². The maximum atomic E-state index is 11.0. The minimum atomic E-state index is -0.454. The summed E-state index contributed by atoms with van der Waals surface area (Å²) in [5.74, 6) is 0.612. The Bertz CT molecular complexity index is 1350. The molecule has 2 aromatic carbocycles. The van der Waals surface area contributed by atoms with E-state index in [0.29, 0.717) is 40.3 Å². The predicted molar refractivity (Wildman–Crippen MR) is 103 cm³/mol. The van der Waals surface area contributed by atoms with Crippen LogP contribution in [0.25, 0.3) is 28.0 Å². The smallest absolute Gasteiger partial charge is 0.271 e. The van der Waals surface area contributed by atoms with Gasteiger partial charge in [0, 0.05) is 18.3 Å². The summed E-state index contributed by atoms with van der Waals surface area (Å²) in [4.78, 5) is 24.1. The van der Waals surface area contributed by atoms with Gasteiger partial charge in [-0.25, -0.2) is 15.0 Å². The lowest BCUT2D eigenvalue weighted by atomic mass is 10.2. The van der Waals surface area contributed by atoms with E-state index in [1.807, 2.05) is 53.1 Å². The van der Waals surface area contributed by atoms with Crippen LogP contribution < -0.4 is 4.74 Å². The van der Waals surface area contributed by atoms with Crippen molar-refractivity contribution in [3.63, 3.8) is 0 Å². The molecule has 8 heteroatoms. The molecule has 0 aliphatic heterocycles. The number of fused-ring (bicyclic) bond motifs is 4. The van der Waals surface area contributed by atoms with Crippen molar-refractivity contribution < 1.29 is 9.66 Å². The van der Waals surface area contributed by atoms with E-state index >= 15 is 0 Å². The van der Waals surface area contributed by atoms with Crippen molar-refractivity contribution in [3.8, 4) is 5.75 Å². The molecule has 8 nitrogen and oxygen atoms in total. The lowest BCUT2D eigenvalue weighted by molar-refractivity contribution is -0.384. The second kappa shape index (κ2) is 6.27. The number of nitro benzene ring substituents is 1. The van der Waals surface area contributed by atoms with Gasteiger partial charge in [-0.05, 0) is 23.8 Å². The number of non-ortho nitro benzene ring substituents is 1. The van der Waals surface area contributed by atoms with Crippen molar-refractivity contribution in [2.75, 3.05) is 0 Å². The molecular formula is C20H13N5O3. The first-order valence-corrected chi connectivity index (χ1v) is 8.59. The molecule has 0 bridgehead atoms. The zero-order valence-electron chi connectivity index (χ0n) is 14.5. The van der Waals surface area contributed by atoms with Gasteiger partial charge in [0.1, 0.15) is 6.61 Å². The number of pyridine rings is 1. The summed E-state index contributed by atoms with van der Waals surface area (Å²) >= 11 is 0. The second-order valence-corrected chi connectivity index (χ2v) is 6.25. The quantitative estimate of drug-likeness (QED) is 0.351. The van der Waals surface area contributed by atoms with Crippen molar-refractivity contribution in [2.45, 2.75) is 6.61 Å². The molecule has 0 unspecified atom stereocenters. The van der Waals surface area contributed by atoms with Gasteiger partial charge in [0.2, 0.25) is 0 Å². The molecule has 0 N–H and O–H groups in total. The molecular weight excluding hydrogens is 358 g/mol. The third-order valence-corrected chi connectivity index (χ3v) is 4.43. The van der Waals surface area contributed by atoms with Gasteiger partial charge in [-0.2, -0.15) is 0 Å². The van der Waals surface area contributed by atoms with Gasteiger partial charge in [-0.3, -0.25) is 14.5 Å². The molecule has 0 saturated heterocycles. The number of ether oxygens (including phenoxy) is 1. The number of rotatable bonds is 4. The molecule has 0 spiro atoms. The van der Waals surface area contributed by atoms with Crippen molar-refractivity contribution in [1.29, 1.82) is 0 Å². The Hall–Kier alpha value is -4.07. The van der Waals surface area contributed by atoms with E-state index in [1.165, 1.54) is 12.1 Å². The van der Waals surface area contributed by atoms with Crippen LogP contribution in [-0.4, -0.2) is 24.3 Å². The Kier molecular flexibility index (Phi) is 3.61. The van der Waals surface area contributed by atoms with E-state index in [9.17, 15) is 10.1 Å². The van der Waals surface area contributed by atoms with Gasteiger partial charge in [0.05, 0.1) is 16.0 Å². The first kappa shape index (κ1) is 16.1. The fourth-order valence-electron chi connectivity index (χ4n) is 3.08. The highest BCUT2D eigenvalue weighted by atomic mass is 16.6. The van der Waals surface area contributed by atoms with Gasteiger partial charge in [-0.1, -0.05) is 30.3 Å². The third-order valence-electron chi connectivity index (χ3n) is 4.43. The fraction of sp³-hybridized carbons (Fsp3) is 0.0500. The highest BCUT2D eigenvalue weighted by Gasteiger charge is 2.15. The molecule has 5 aromatic rings. The van der Waals surface area contributed by atoms with E-state index in [-0.39, 0.29) is 5.69 Å². The standard InChI is InChI=1S/C20H13N5O3/c26-25(27)14-8-9-15-16(11-14)21-18-20(22-15)24-10-4-7-17(19(24)23-18)28-12-13-5-2-1-3-6-13/h1-11H,12H2. The minimum absolute atomic E-state index is 0.0307. The molecule has 136 valence electrons. The van der Waals surface area contributed by atoms with Crippen LogP contribution in [0.1, 0.15) is 5.56 Å². The molecule has 3 heterocycles. The zero-order chi connectivity index (χ0) is 19.1. The van der Waals surface area contributed by atoms with Crippen LogP contribution in [0.4, 0.5) is 5.69 Å². The minimum Gasteiger partial charge on any atom is -0.485 e. The average Bonchev–Trinajstić information content (AvgIpc) is 3.09. The normalized spacial score (nSPS) is 11.3. The van der Waals surface area contributed by atoms with E-state index in [2.05, 4.69) is 15.0 Å². The lowest BCUT2D eigenvalue weighted by Crippen LogP contribution is -1.97. The van der Waals surface area contributed by atoms with Crippen molar-refractivity contribution in [2.24, 2.45) is 0 Å². The summed E-state index contributed by atoms with van der Waals surface area (Å²) in [5, 5.41) is 11.0. The molecule has 28 heavy (non-hydrogen) atoms. The molecule has 3 aromatic heterocycles. The van der Waals surface area contributed by atoms with Crippen molar-refractivity contribution in [3.05, 3.63) is 82.5 Å². The summed E-state index contributed by atoms with van der Waals surface area (Å²) in [5.41, 5.74) is 3.59. The van der Waals surface area contributed by atoms with Crippen LogP contribution in [0.5, 0.6) is 5.75 Å². The zero-order valence-corrected chi connectivity index (χ0v) is 14.5. The molecule has 0 aliphatic carbocycles. The highest BCUT2D eigenvalue weighted by molar-refractivity contribution is 5.86. The predicted octanol–water partition coefficient (Wildman–Crippen LogP) is 3.92. The molecule has 0 aliphatic rings. The largest absolute Gasteiger partial charge is 0.485 e. The van der Waals surface area contributed by atoms with Crippen molar-refractivity contribution >= 4 is 33.7 Å². The number of hydrogen-bond donors (Lipinski definition) is 0. The Labute approximate surface area is 158 Å². The summed E-state index contributed by atoms with van der Waals surface area (Å²) in [7, 11) is 0. The van der Waals surface area contributed by atoms with E-state index in [0.717, 1.165) is 5.56 Å². The first-order valence-electron chi connectivity index (χ1n) is 8.59. The number of nitro groups is 1. The second-order valence-electron chi connectivity index (χ2n) is 6.25. The van der Waals surface area contributed by atoms with Gasteiger partial charge < -0.3 is 4.74 Å². The van der Waals surface area contributed by atoms with E-state index in [4.69, 9.17) is 4.74 Å². The Balaban J connectivity index is 1.62. The summed E-state index contributed by atoms with van der Waals surface area (Å²) in [6.45, 7) is 0.415.